The molecule has 1 aliphatic heterocycles. The number of fused-ring (bicyclic) bond motifs is 1. The molecule has 0 aliphatic carbocycles. The minimum Gasteiger partial charge on any atom is -0.298 e. The van der Waals surface area contributed by atoms with Crippen LogP contribution in [-0.4, -0.2) is 33.1 Å². The lowest BCUT2D eigenvalue weighted by Gasteiger charge is -2.33. The fraction of sp³-hybridized carbons (Fsp3) is 0.500. The lowest BCUT2D eigenvalue weighted by Crippen LogP contribution is -2.43. The molecule has 0 amide bonds. The van der Waals surface area contributed by atoms with Gasteiger partial charge in [-0.3, -0.25) is 14.4 Å². The molecule has 1 aromatic carbocycles. The normalized spacial score (nSPS) is 20.4. The van der Waals surface area contributed by atoms with Crippen molar-refractivity contribution >= 4 is 16.7 Å². The van der Waals surface area contributed by atoms with Crippen molar-refractivity contribution < 1.29 is 4.79 Å². The Kier molecular flexibility index (Phi) is 3.57. The molecule has 0 radical (unpaired) electrons. The molecule has 0 spiro atoms. The van der Waals surface area contributed by atoms with Gasteiger partial charge in [-0.1, -0.05) is 24.6 Å². The van der Waals surface area contributed by atoms with E-state index in [2.05, 4.69) is 22.1 Å². The van der Waals surface area contributed by atoms with Gasteiger partial charge in [0.05, 0.1) is 17.3 Å². The highest BCUT2D eigenvalue weighted by atomic mass is 16.1. The van der Waals surface area contributed by atoms with Crippen LogP contribution >= 0.6 is 0 Å². The molecular weight excluding hydrogens is 250 g/mol. The number of hydrogen-bond acceptors (Lipinski definition) is 3. The first kappa shape index (κ1) is 13.3. The molecule has 0 bridgehead atoms. The molecule has 1 saturated heterocycles. The van der Waals surface area contributed by atoms with Gasteiger partial charge in [-0.15, -0.1) is 0 Å². The van der Waals surface area contributed by atoms with Gasteiger partial charge in [-0.25, -0.2) is 0 Å². The highest BCUT2D eigenvalue weighted by molar-refractivity contribution is 5.83. The Morgan fingerprint density at radius 1 is 1.35 bits per heavy atom. The summed E-state index contributed by atoms with van der Waals surface area (Å²) in [6, 6.07) is 8.36. The fourth-order valence-electron chi connectivity index (χ4n) is 3.24. The van der Waals surface area contributed by atoms with Gasteiger partial charge in [0, 0.05) is 19.0 Å². The van der Waals surface area contributed by atoms with E-state index in [1.54, 1.807) is 6.92 Å². The minimum absolute atomic E-state index is 0.0736. The summed E-state index contributed by atoms with van der Waals surface area (Å²) < 4.78 is 1.93. The first-order chi connectivity index (χ1) is 9.66. The van der Waals surface area contributed by atoms with Crippen molar-refractivity contribution in [2.75, 3.05) is 6.54 Å². The molecule has 0 saturated carbocycles. The highest BCUT2D eigenvalue weighted by Crippen LogP contribution is 2.23. The predicted octanol–water partition coefficient (Wildman–Crippen LogP) is 2.52. The van der Waals surface area contributed by atoms with Gasteiger partial charge < -0.3 is 0 Å². The van der Waals surface area contributed by atoms with Crippen LogP contribution in [0.5, 0.6) is 0 Å². The zero-order valence-electron chi connectivity index (χ0n) is 12.2. The molecule has 106 valence electrons. The van der Waals surface area contributed by atoms with Gasteiger partial charge in [0.25, 0.3) is 0 Å². The molecule has 3 rings (SSSR count). The van der Waals surface area contributed by atoms with Crippen LogP contribution in [0.2, 0.25) is 0 Å². The van der Waals surface area contributed by atoms with Gasteiger partial charge in [0.1, 0.15) is 5.78 Å². The summed E-state index contributed by atoms with van der Waals surface area (Å²) in [6.07, 6.45) is 3.32. The zero-order chi connectivity index (χ0) is 14.1. The average molecular weight is 271 g/mol. The summed E-state index contributed by atoms with van der Waals surface area (Å²) in [5.74, 6) is 0.282. The maximum absolute atomic E-state index is 11.8. The quantitative estimate of drug-likeness (QED) is 0.861. The van der Waals surface area contributed by atoms with Gasteiger partial charge in [-0.05, 0) is 32.4 Å². The smallest absolute Gasteiger partial charge is 0.146 e. The van der Waals surface area contributed by atoms with Gasteiger partial charge in [0.15, 0.2) is 0 Å². The summed E-state index contributed by atoms with van der Waals surface area (Å²) in [4.78, 5) is 14.1. The molecule has 1 atom stereocenters. The van der Waals surface area contributed by atoms with Crippen molar-refractivity contribution in [3.05, 3.63) is 30.0 Å². The van der Waals surface area contributed by atoms with Crippen LogP contribution < -0.4 is 0 Å². The highest BCUT2D eigenvalue weighted by Gasteiger charge is 2.27. The third-order valence-corrected chi connectivity index (χ3v) is 4.27. The fourth-order valence-corrected chi connectivity index (χ4v) is 3.24. The Morgan fingerprint density at radius 3 is 2.95 bits per heavy atom. The molecular formula is C16H21N3O. The molecule has 20 heavy (non-hydrogen) atoms. The van der Waals surface area contributed by atoms with E-state index in [1.807, 2.05) is 23.9 Å². The number of Topliss-reactive ketones (excluding diaryl/α,β-unsaturated/α-hetero) is 1. The van der Waals surface area contributed by atoms with Crippen LogP contribution in [-0.2, 0) is 18.4 Å². The van der Waals surface area contributed by atoms with Gasteiger partial charge in [0.2, 0.25) is 0 Å². The van der Waals surface area contributed by atoms with E-state index in [9.17, 15) is 4.79 Å². The number of carbonyl (C=O) groups is 1. The minimum atomic E-state index is 0.0736. The van der Waals surface area contributed by atoms with Crippen LogP contribution in [0.1, 0.15) is 31.9 Å². The molecule has 4 heteroatoms. The van der Waals surface area contributed by atoms with Crippen molar-refractivity contribution in [1.82, 2.24) is 14.7 Å². The Labute approximate surface area is 119 Å². The maximum atomic E-state index is 11.8. The van der Waals surface area contributed by atoms with E-state index in [1.165, 1.54) is 11.8 Å². The van der Waals surface area contributed by atoms with Crippen LogP contribution in [0, 0.1) is 0 Å². The molecule has 1 fully saturated rings. The summed E-state index contributed by atoms with van der Waals surface area (Å²) in [5, 5.41) is 5.84. The molecule has 2 heterocycles. The van der Waals surface area contributed by atoms with E-state index in [0.29, 0.717) is 0 Å². The molecule has 1 unspecified atom stereocenters. The SMILES string of the molecule is CC(=O)C1CCCCN1Cc1nn(C)c2ccccc12. The zero-order valence-corrected chi connectivity index (χ0v) is 12.2. The van der Waals surface area contributed by atoms with Crippen LogP contribution in [0.3, 0.4) is 0 Å². The summed E-state index contributed by atoms with van der Waals surface area (Å²) in [7, 11) is 1.98. The maximum Gasteiger partial charge on any atom is 0.146 e. The first-order valence-corrected chi connectivity index (χ1v) is 7.32. The van der Waals surface area contributed by atoms with E-state index in [4.69, 9.17) is 0 Å². The third-order valence-electron chi connectivity index (χ3n) is 4.27. The second-order valence-corrected chi connectivity index (χ2v) is 5.68. The van der Waals surface area contributed by atoms with E-state index in [-0.39, 0.29) is 11.8 Å². The number of benzene rings is 1. The number of nitrogens with zero attached hydrogens (tertiary/aromatic N) is 3. The molecule has 0 N–H and O–H groups in total. The third kappa shape index (κ3) is 2.36. The number of hydrogen-bond donors (Lipinski definition) is 0. The van der Waals surface area contributed by atoms with Crippen molar-refractivity contribution in [3.63, 3.8) is 0 Å². The van der Waals surface area contributed by atoms with E-state index >= 15 is 0 Å². The number of rotatable bonds is 3. The van der Waals surface area contributed by atoms with E-state index < -0.39 is 0 Å². The number of ketones is 1. The molecule has 2 aromatic rings. The first-order valence-electron chi connectivity index (χ1n) is 7.32. The second-order valence-electron chi connectivity index (χ2n) is 5.68. The van der Waals surface area contributed by atoms with Crippen LogP contribution in [0.25, 0.3) is 10.9 Å². The van der Waals surface area contributed by atoms with Crippen LogP contribution in [0.4, 0.5) is 0 Å². The van der Waals surface area contributed by atoms with Crippen LogP contribution in [0.15, 0.2) is 24.3 Å². The second kappa shape index (κ2) is 5.37. The summed E-state index contributed by atoms with van der Waals surface area (Å²) in [6.45, 7) is 3.47. The van der Waals surface area contributed by atoms with Gasteiger partial charge >= 0.3 is 0 Å². The Morgan fingerprint density at radius 2 is 2.15 bits per heavy atom. The molecule has 1 aliphatic rings. The predicted molar refractivity (Wildman–Crippen MR) is 79.4 cm³/mol. The average Bonchev–Trinajstić information content (AvgIpc) is 2.76. The number of carbonyl (C=O) groups excluding carboxylic acids is 1. The Bertz CT molecular complexity index is 632. The summed E-state index contributed by atoms with van der Waals surface area (Å²) in [5.41, 5.74) is 2.23. The number of piperidine rings is 1. The Hall–Kier alpha value is -1.68. The lowest BCUT2D eigenvalue weighted by molar-refractivity contribution is -0.123. The number of likely N-dealkylation sites (tertiary alicyclic amines) is 1. The van der Waals surface area contributed by atoms with Gasteiger partial charge in [-0.2, -0.15) is 5.10 Å². The molecule has 1 aromatic heterocycles. The topological polar surface area (TPSA) is 38.1 Å². The van der Waals surface area contributed by atoms with Crippen molar-refractivity contribution in [1.29, 1.82) is 0 Å². The summed E-state index contributed by atoms with van der Waals surface area (Å²) >= 11 is 0. The van der Waals surface area contributed by atoms with Crippen molar-refractivity contribution in [3.8, 4) is 0 Å². The number of aromatic nitrogens is 2. The standard InChI is InChI=1S/C16H21N3O/c1-12(20)15-8-5-6-10-19(15)11-14-13-7-3-4-9-16(13)18(2)17-14/h3-4,7,9,15H,5-6,8,10-11H2,1-2H3. The number of aryl methyl sites for hydroxylation is 1. The number of para-hydroxylation sites is 1. The largest absolute Gasteiger partial charge is 0.298 e. The lowest BCUT2D eigenvalue weighted by atomic mass is 9.99. The van der Waals surface area contributed by atoms with E-state index in [0.717, 1.165) is 37.1 Å². The van der Waals surface area contributed by atoms with Crippen molar-refractivity contribution in [2.24, 2.45) is 7.05 Å². The van der Waals surface area contributed by atoms with Crippen molar-refractivity contribution in [2.45, 2.75) is 38.8 Å². The molecule has 4 nitrogen and oxygen atoms in total. The Balaban J connectivity index is 1.90. The monoisotopic (exact) mass is 271 g/mol.